The summed E-state index contributed by atoms with van der Waals surface area (Å²) in [6.07, 6.45) is 0.663. The smallest absolute Gasteiger partial charge is 0.333 e. The number of carbonyl (C=O) groups is 2. The van der Waals surface area contributed by atoms with E-state index >= 15 is 0 Å². The Morgan fingerprint density at radius 3 is 2.36 bits per heavy atom. The monoisotopic (exact) mass is 200 g/mol. The molecule has 80 valence electrons. The summed E-state index contributed by atoms with van der Waals surface area (Å²) in [6, 6.07) is 0. The zero-order valence-corrected chi connectivity index (χ0v) is 8.67. The molecule has 4 heteroatoms. The molecule has 0 aliphatic carbocycles. The largest absolute Gasteiger partial charge is 0.465 e. The number of carbonyl (C=O) groups excluding carboxylic acids is 2. The van der Waals surface area contributed by atoms with E-state index in [4.69, 9.17) is 4.74 Å². The van der Waals surface area contributed by atoms with Crippen molar-refractivity contribution in [1.82, 2.24) is 0 Å². The normalized spacial score (nSPS) is 9.29. The van der Waals surface area contributed by atoms with Crippen molar-refractivity contribution in [2.75, 3.05) is 13.2 Å². The second-order valence-electron chi connectivity index (χ2n) is 2.72. The highest BCUT2D eigenvalue weighted by Crippen LogP contribution is 2.03. The van der Waals surface area contributed by atoms with Crippen LogP contribution in [0.25, 0.3) is 0 Å². The van der Waals surface area contributed by atoms with Gasteiger partial charge in [-0.15, -0.1) is 0 Å². The second kappa shape index (κ2) is 7.12. The molecule has 0 saturated heterocycles. The van der Waals surface area contributed by atoms with Gasteiger partial charge in [-0.25, -0.2) is 4.79 Å². The van der Waals surface area contributed by atoms with Crippen LogP contribution in [0, 0.1) is 0 Å². The third-order valence-corrected chi connectivity index (χ3v) is 1.39. The second-order valence-corrected chi connectivity index (χ2v) is 2.72. The van der Waals surface area contributed by atoms with Gasteiger partial charge in [0.05, 0.1) is 19.6 Å². The van der Waals surface area contributed by atoms with Crippen molar-refractivity contribution in [1.29, 1.82) is 0 Å². The molecule has 0 saturated carbocycles. The van der Waals surface area contributed by atoms with E-state index in [-0.39, 0.29) is 18.6 Å². The van der Waals surface area contributed by atoms with E-state index in [1.165, 1.54) is 0 Å². The van der Waals surface area contributed by atoms with Crippen molar-refractivity contribution in [3.8, 4) is 0 Å². The van der Waals surface area contributed by atoms with Crippen molar-refractivity contribution < 1.29 is 19.1 Å². The van der Waals surface area contributed by atoms with Crippen molar-refractivity contribution in [2.24, 2.45) is 0 Å². The summed E-state index contributed by atoms with van der Waals surface area (Å²) in [5.41, 5.74) is 0.132. The molecule has 0 aromatic rings. The molecule has 0 fully saturated rings. The SMILES string of the molecule is C=C(CC(=O)OCCC)C(=O)OCC. The molecular weight excluding hydrogens is 184 g/mol. The molecule has 14 heavy (non-hydrogen) atoms. The predicted molar refractivity (Wildman–Crippen MR) is 51.6 cm³/mol. The van der Waals surface area contributed by atoms with E-state index in [1.807, 2.05) is 6.92 Å². The molecule has 0 bridgehead atoms. The maximum absolute atomic E-state index is 11.0. The average Bonchev–Trinajstić information content (AvgIpc) is 2.15. The number of rotatable bonds is 6. The van der Waals surface area contributed by atoms with Gasteiger partial charge in [-0.05, 0) is 13.3 Å². The lowest BCUT2D eigenvalue weighted by Crippen LogP contribution is -2.13. The Hall–Kier alpha value is -1.32. The predicted octanol–water partition coefficient (Wildman–Crippen LogP) is 1.45. The first kappa shape index (κ1) is 12.7. The number of esters is 2. The molecule has 0 spiro atoms. The Balaban J connectivity index is 3.81. The summed E-state index contributed by atoms with van der Waals surface area (Å²) in [7, 11) is 0. The average molecular weight is 200 g/mol. The summed E-state index contributed by atoms with van der Waals surface area (Å²) < 4.78 is 9.45. The van der Waals surface area contributed by atoms with Crippen LogP contribution < -0.4 is 0 Å². The van der Waals surface area contributed by atoms with Crippen LogP contribution in [0.4, 0.5) is 0 Å². The molecule has 0 radical (unpaired) electrons. The quantitative estimate of drug-likeness (QED) is 0.481. The standard InChI is InChI=1S/C10H16O4/c1-4-6-14-9(11)7-8(3)10(12)13-5-2/h3-7H2,1-2H3. The molecule has 0 unspecified atom stereocenters. The summed E-state index contributed by atoms with van der Waals surface area (Å²) in [5.74, 6) is -0.981. The third-order valence-electron chi connectivity index (χ3n) is 1.39. The minimum atomic E-state index is -0.541. The third kappa shape index (κ3) is 5.35. The molecular formula is C10H16O4. The van der Waals surface area contributed by atoms with Crippen LogP contribution in [0.2, 0.25) is 0 Å². The van der Waals surface area contributed by atoms with Crippen LogP contribution >= 0.6 is 0 Å². The highest BCUT2D eigenvalue weighted by atomic mass is 16.5. The van der Waals surface area contributed by atoms with Crippen LogP contribution in [0.15, 0.2) is 12.2 Å². The highest BCUT2D eigenvalue weighted by molar-refractivity contribution is 5.93. The van der Waals surface area contributed by atoms with Crippen LogP contribution in [-0.2, 0) is 19.1 Å². The molecule has 0 N–H and O–H groups in total. The van der Waals surface area contributed by atoms with Crippen molar-refractivity contribution in [3.63, 3.8) is 0 Å². The topological polar surface area (TPSA) is 52.6 Å². The first-order chi connectivity index (χ1) is 6.61. The fourth-order valence-electron chi connectivity index (χ4n) is 0.746. The summed E-state index contributed by atoms with van der Waals surface area (Å²) in [6.45, 7) is 7.69. The summed E-state index contributed by atoms with van der Waals surface area (Å²) in [5, 5.41) is 0. The first-order valence-electron chi connectivity index (χ1n) is 4.62. The van der Waals surface area contributed by atoms with E-state index in [9.17, 15) is 9.59 Å². The van der Waals surface area contributed by atoms with Gasteiger partial charge in [-0.3, -0.25) is 4.79 Å². The summed E-state index contributed by atoms with van der Waals surface area (Å²) >= 11 is 0. The van der Waals surface area contributed by atoms with Gasteiger partial charge in [0.1, 0.15) is 0 Å². The number of ether oxygens (including phenoxy) is 2. The minimum Gasteiger partial charge on any atom is -0.465 e. The Bertz CT molecular complexity index is 220. The van der Waals surface area contributed by atoms with Gasteiger partial charge in [0, 0.05) is 5.57 Å². The molecule has 0 aliphatic heterocycles. The van der Waals surface area contributed by atoms with Gasteiger partial charge in [0.2, 0.25) is 0 Å². The zero-order chi connectivity index (χ0) is 11.0. The van der Waals surface area contributed by atoms with Crippen molar-refractivity contribution >= 4 is 11.9 Å². The van der Waals surface area contributed by atoms with Crippen LogP contribution in [-0.4, -0.2) is 25.2 Å². The lowest BCUT2D eigenvalue weighted by molar-refractivity contribution is -0.146. The van der Waals surface area contributed by atoms with Gasteiger partial charge >= 0.3 is 11.9 Å². The Morgan fingerprint density at radius 1 is 1.21 bits per heavy atom. The Labute approximate surface area is 83.9 Å². The van der Waals surface area contributed by atoms with Gasteiger partial charge in [0.15, 0.2) is 0 Å². The number of hydrogen-bond donors (Lipinski definition) is 0. The van der Waals surface area contributed by atoms with Gasteiger partial charge < -0.3 is 9.47 Å². The minimum absolute atomic E-state index is 0.0984. The maximum Gasteiger partial charge on any atom is 0.333 e. The van der Waals surface area contributed by atoms with Crippen LogP contribution in [0.5, 0.6) is 0 Å². The van der Waals surface area contributed by atoms with Crippen LogP contribution in [0.3, 0.4) is 0 Å². The van der Waals surface area contributed by atoms with E-state index in [0.29, 0.717) is 6.61 Å². The Morgan fingerprint density at radius 2 is 1.86 bits per heavy atom. The van der Waals surface area contributed by atoms with Crippen molar-refractivity contribution in [2.45, 2.75) is 26.7 Å². The molecule has 0 rings (SSSR count). The Kier molecular flexibility index (Phi) is 6.45. The lowest BCUT2D eigenvalue weighted by Gasteiger charge is -2.05. The molecule has 0 atom stereocenters. The summed E-state index contributed by atoms with van der Waals surface area (Å²) in [4.78, 5) is 22.1. The van der Waals surface area contributed by atoms with E-state index in [0.717, 1.165) is 6.42 Å². The molecule has 0 aromatic carbocycles. The van der Waals surface area contributed by atoms with E-state index in [2.05, 4.69) is 11.3 Å². The van der Waals surface area contributed by atoms with Gasteiger partial charge in [0.25, 0.3) is 0 Å². The lowest BCUT2D eigenvalue weighted by atomic mass is 10.2. The number of hydrogen-bond acceptors (Lipinski definition) is 4. The van der Waals surface area contributed by atoms with E-state index in [1.54, 1.807) is 6.92 Å². The van der Waals surface area contributed by atoms with Crippen LogP contribution in [0.1, 0.15) is 26.7 Å². The van der Waals surface area contributed by atoms with Gasteiger partial charge in [-0.2, -0.15) is 0 Å². The van der Waals surface area contributed by atoms with Gasteiger partial charge in [-0.1, -0.05) is 13.5 Å². The molecule has 0 heterocycles. The first-order valence-corrected chi connectivity index (χ1v) is 4.62. The molecule has 0 aromatic heterocycles. The molecule has 4 nitrogen and oxygen atoms in total. The fourth-order valence-corrected chi connectivity index (χ4v) is 0.746. The fraction of sp³-hybridized carbons (Fsp3) is 0.600. The molecule has 0 aliphatic rings. The zero-order valence-electron chi connectivity index (χ0n) is 8.67. The van der Waals surface area contributed by atoms with Crippen molar-refractivity contribution in [3.05, 3.63) is 12.2 Å². The highest BCUT2D eigenvalue weighted by Gasteiger charge is 2.12. The molecule has 0 amide bonds. The van der Waals surface area contributed by atoms with E-state index < -0.39 is 11.9 Å². The maximum atomic E-state index is 11.0.